The van der Waals surface area contributed by atoms with Gasteiger partial charge in [0.2, 0.25) is 0 Å². The quantitative estimate of drug-likeness (QED) is 0.169. The summed E-state index contributed by atoms with van der Waals surface area (Å²) in [6.07, 6.45) is 1.55. The van der Waals surface area contributed by atoms with Crippen LogP contribution in [0.2, 0.25) is 0 Å². The standard InChI is InChI=1S/C13H21N3OS/c1-2-11(10-13(14)16-17)15-8-9-18-12-6-4-3-5-7-12/h3-7,11,15,17H,2,8-10H2,1H3,(H2,14,16). The number of oxime groups is 1. The van der Waals surface area contributed by atoms with Crippen LogP contribution >= 0.6 is 11.8 Å². The lowest BCUT2D eigenvalue weighted by atomic mass is 10.1. The van der Waals surface area contributed by atoms with Crippen LogP contribution in [0.1, 0.15) is 19.8 Å². The lowest BCUT2D eigenvalue weighted by Crippen LogP contribution is -2.34. The van der Waals surface area contributed by atoms with Gasteiger partial charge >= 0.3 is 0 Å². The van der Waals surface area contributed by atoms with E-state index in [1.54, 1.807) is 0 Å². The summed E-state index contributed by atoms with van der Waals surface area (Å²) >= 11 is 1.82. The molecule has 18 heavy (non-hydrogen) atoms. The van der Waals surface area contributed by atoms with Gasteiger partial charge in [0, 0.05) is 29.7 Å². The van der Waals surface area contributed by atoms with E-state index in [9.17, 15) is 0 Å². The molecule has 0 bridgehead atoms. The first kappa shape index (κ1) is 14.9. The van der Waals surface area contributed by atoms with Gasteiger partial charge in [-0.2, -0.15) is 0 Å². The molecule has 0 heterocycles. The Morgan fingerprint density at radius 1 is 1.44 bits per heavy atom. The third kappa shape index (κ3) is 5.93. The molecule has 0 saturated carbocycles. The predicted octanol–water partition coefficient (Wildman–Crippen LogP) is 2.28. The zero-order valence-electron chi connectivity index (χ0n) is 10.7. The molecule has 4 N–H and O–H groups in total. The van der Waals surface area contributed by atoms with Crippen molar-refractivity contribution in [2.24, 2.45) is 10.9 Å². The first-order valence-electron chi connectivity index (χ1n) is 6.14. The fraction of sp³-hybridized carbons (Fsp3) is 0.462. The molecule has 1 unspecified atom stereocenters. The minimum absolute atomic E-state index is 0.275. The Kier molecular flexibility index (Phi) is 7.29. The highest BCUT2D eigenvalue weighted by Gasteiger charge is 2.07. The summed E-state index contributed by atoms with van der Waals surface area (Å²) in [7, 11) is 0. The van der Waals surface area contributed by atoms with Gasteiger partial charge in [0.25, 0.3) is 0 Å². The number of nitrogens with one attached hydrogen (secondary N) is 1. The Bertz CT molecular complexity index is 357. The molecule has 1 atom stereocenters. The molecular formula is C13H21N3OS. The zero-order chi connectivity index (χ0) is 13.2. The number of rotatable bonds is 8. The van der Waals surface area contributed by atoms with Gasteiger partial charge in [-0.15, -0.1) is 11.8 Å². The van der Waals surface area contributed by atoms with Gasteiger partial charge in [-0.05, 0) is 18.6 Å². The Morgan fingerprint density at radius 3 is 2.78 bits per heavy atom. The minimum atomic E-state index is 0.275. The number of benzene rings is 1. The van der Waals surface area contributed by atoms with Crippen molar-refractivity contribution in [1.82, 2.24) is 5.32 Å². The van der Waals surface area contributed by atoms with Crippen LogP contribution in [0.5, 0.6) is 0 Å². The molecule has 1 aromatic rings. The van der Waals surface area contributed by atoms with Gasteiger partial charge in [0.1, 0.15) is 5.84 Å². The van der Waals surface area contributed by atoms with E-state index in [-0.39, 0.29) is 11.9 Å². The summed E-state index contributed by atoms with van der Waals surface area (Å²) in [4.78, 5) is 1.28. The number of nitrogens with zero attached hydrogens (tertiary/aromatic N) is 1. The van der Waals surface area contributed by atoms with Crippen LogP contribution in [0, 0.1) is 0 Å². The van der Waals surface area contributed by atoms with E-state index in [0.717, 1.165) is 18.7 Å². The Labute approximate surface area is 113 Å². The third-order valence-corrected chi connectivity index (χ3v) is 3.64. The fourth-order valence-electron chi connectivity index (χ4n) is 1.60. The van der Waals surface area contributed by atoms with Crippen LogP contribution in [0.15, 0.2) is 40.4 Å². The van der Waals surface area contributed by atoms with Crippen LogP contribution in [0.4, 0.5) is 0 Å². The van der Waals surface area contributed by atoms with E-state index in [2.05, 4.69) is 29.5 Å². The molecule has 4 nitrogen and oxygen atoms in total. The van der Waals surface area contributed by atoms with E-state index in [0.29, 0.717) is 6.42 Å². The van der Waals surface area contributed by atoms with Gasteiger partial charge in [0.15, 0.2) is 0 Å². The summed E-state index contributed by atoms with van der Waals surface area (Å²) in [5.41, 5.74) is 5.50. The minimum Gasteiger partial charge on any atom is -0.409 e. The summed E-state index contributed by atoms with van der Waals surface area (Å²) in [5.74, 6) is 1.29. The Hall–Kier alpha value is -1.20. The van der Waals surface area contributed by atoms with Crippen molar-refractivity contribution in [3.63, 3.8) is 0 Å². The van der Waals surface area contributed by atoms with Crippen molar-refractivity contribution in [1.29, 1.82) is 0 Å². The van der Waals surface area contributed by atoms with Crippen LogP contribution in [-0.4, -0.2) is 29.4 Å². The van der Waals surface area contributed by atoms with Gasteiger partial charge < -0.3 is 16.3 Å². The third-order valence-electron chi connectivity index (χ3n) is 2.62. The van der Waals surface area contributed by atoms with Gasteiger partial charge in [0.05, 0.1) is 0 Å². The molecule has 1 aromatic carbocycles. The van der Waals surface area contributed by atoms with Crippen molar-refractivity contribution in [3.05, 3.63) is 30.3 Å². The van der Waals surface area contributed by atoms with E-state index in [1.807, 2.05) is 30.0 Å². The molecule has 100 valence electrons. The van der Waals surface area contributed by atoms with Gasteiger partial charge in [-0.25, -0.2) is 0 Å². The normalized spacial score (nSPS) is 13.5. The molecule has 0 spiro atoms. The topological polar surface area (TPSA) is 70.6 Å². The molecule has 0 aliphatic heterocycles. The van der Waals surface area contributed by atoms with Crippen molar-refractivity contribution in [2.75, 3.05) is 12.3 Å². The lowest BCUT2D eigenvalue weighted by Gasteiger charge is -2.15. The number of thioether (sulfide) groups is 1. The number of hydrogen-bond donors (Lipinski definition) is 3. The summed E-state index contributed by atoms with van der Waals surface area (Å²) in [6.45, 7) is 3.00. The second kappa shape index (κ2) is 8.83. The summed E-state index contributed by atoms with van der Waals surface area (Å²) in [5, 5.41) is 14.9. The molecule has 0 aliphatic rings. The SMILES string of the molecule is CCC(CC(N)=NO)NCCSc1ccccc1. The highest BCUT2D eigenvalue weighted by Crippen LogP contribution is 2.15. The van der Waals surface area contributed by atoms with E-state index in [4.69, 9.17) is 10.9 Å². The zero-order valence-corrected chi connectivity index (χ0v) is 11.5. The Morgan fingerprint density at radius 2 is 2.17 bits per heavy atom. The molecule has 0 amide bonds. The molecule has 0 fully saturated rings. The second-order valence-corrected chi connectivity index (χ2v) is 5.18. The highest BCUT2D eigenvalue weighted by molar-refractivity contribution is 7.99. The van der Waals surface area contributed by atoms with Crippen LogP contribution in [-0.2, 0) is 0 Å². The molecule has 5 heteroatoms. The lowest BCUT2D eigenvalue weighted by molar-refractivity contribution is 0.315. The number of nitrogens with two attached hydrogens (primary N) is 1. The maximum absolute atomic E-state index is 8.53. The van der Waals surface area contributed by atoms with Gasteiger partial charge in [-0.3, -0.25) is 0 Å². The summed E-state index contributed by atoms with van der Waals surface area (Å²) in [6, 6.07) is 10.6. The average molecular weight is 267 g/mol. The molecule has 0 aliphatic carbocycles. The van der Waals surface area contributed by atoms with Crippen molar-refractivity contribution in [2.45, 2.75) is 30.7 Å². The smallest absolute Gasteiger partial charge is 0.140 e. The largest absolute Gasteiger partial charge is 0.409 e. The van der Waals surface area contributed by atoms with E-state index < -0.39 is 0 Å². The molecule has 1 rings (SSSR count). The van der Waals surface area contributed by atoms with E-state index in [1.165, 1.54) is 4.90 Å². The first-order valence-corrected chi connectivity index (χ1v) is 7.12. The molecule has 0 saturated heterocycles. The van der Waals surface area contributed by atoms with Crippen LogP contribution in [0.3, 0.4) is 0 Å². The average Bonchev–Trinajstić information content (AvgIpc) is 2.43. The first-order chi connectivity index (χ1) is 8.76. The highest BCUT2D eigenvalue weighted by atomic mass is 32.2. The maximum Gasteiger partial charge on any atom is 0.140 e. The maximum atomic E-state index is 8.53. The second-order valence-electron chi connectivity index (χ2n) is 4.02. The van der Waals surface area contributed by atoms with Crippen molar-refractivity contribution >= 4 is 17.6 Å². The fourth-order valence-corrected chi connectivity index (χ4v) is 2.41. The molecular weight excluding hydrogens is 246 g/mol. The van der Waals surface area contributed by atoms with Gasteiger partial charge in [-0.1, -0.05) is 30.3 Å². The number of amidine groups is 1. The van der Waals surface area contributed by atoms with Crippen molar-refractivity contribution in [3.8, 4) is 0 Å². The van der Waals surface area contributed by atoms with Crippen LogP contribution < -0.4 is 11.1 Å². The van der Waals surface area contributed by atoms with E-state index >= 15 is 0 Å². The molecule has 0 radical (unpaired) electrons. The van der Waals surface area contributed by atoms with Crippen LogP contribution in [0.25, 0.3) is 0 Å². The predicted molar refractivity (Wildman–Crippen MR) is 77.3 cm³/mol. The Balaban J connectivity index is 2.20. The van der Waals surface area contributed by atoms with Crippen molar-refractivity contribution < 1.29 is 5.21 Å². The monoisotopic (exact) mass is 267 g/mol. The molecule has 0 aromatic heterocycles. The summed E-state index contributed by atoms with van der Waals surface area (Å²) < 4.78 is 0. The number of hydrogen-bond acceptors (Lipinski definition) is 4.